The Hall–Kier alpha value is -4.75. The van der Waals surface area contributed by atoms with E-state index in [2.05, 4.69) is 4.98 Å². The Morgan fingerprint density at radius 3 is 2.32 bits per heavy atom. The van der Waals surface area contributed by atoms with Gasteiger partial charge in [0.05, 0.1) is 18.5 Å². The van der Waals surface area contributed by atoms with Gasteiger partial charge in [0, 0.05) is 17.1 Å². The molecule has 0 aliphatic carbocycles. The van der Waals surface area contributed by atoms with Crippen molar-refractivity contribution < 1.29 is 18.8 Å². The predicted molar refractivity (Wildman–Crippen MR) is 157 cm³/mol. The molecule has 0 spiro atoms. The molecule has 0 radical (unpaired) electrons. The maximum atomic E-state index is 13.7. The van der Waals surface area contributed by atoms with Gasteiger partial charge in [-0.2, -0.15) is 0 Å². The Bertz CT molecular complexity index is 1710. The fraction of sp³-hybridized carbons (Fsp3) is 0.152. The van der Waals surface area contributed by atoms with E-state index in [0.717, 1.165) is 32.7 Å². The topological polar surface area (TPSA) is 83.7 Å². The van der Waals surface area contributed by atoms with Crippen LogP contribution in [0, 0.1) is 6.92 Å². The van der Waals surface area contributed by atoms with E-state index in [1.807, 2.05) is 55.5 Å². The molecule has 6 rings (SSSR count). The average molecular weight is 564 g/mol. The summed E-state index contributed by atoms with van der Waals surface area (Å²) in [6.07, 6.45) is -0.00979. The van der Waals surface area contributed by atoms with Crippen LogP contribution in [0.1, 0.15) is 23.1 Å². The first-order valence-corrected chi connectivity index (χ1v) is 13.7. The quantitative estimate of drug-likeness (QED) is 0.215. The molecule has 3 amide bonds. The third-order valence-electron chi connectivity index (χ3n) is 7.23. The highest BCUT2D eigenvalue weighted by Crippen LogP contribution is 2.30. The molecule has 0 saturated carbocycles. The summed E-state index contributed by atoms with van der Waals surface area (Å²) >= 11 is 6.02. The van der Waals surface area contributed by atoms with Crippen LogP contribution in [0.3, 0.4) is 0 Å². The fourth-order valence-electron chi connectivity index (χ4n) is 5.02. The molecule has 1 saturated heterocycles. The first-order valence-electron chi connectivity index (χ1n) is 13.3. The van der Waals surface area contributed by atoms with Crippen LogP contribution in [0.2, 0.25) is 5.02 Å². The van der Waals surface area contributed by atoms with Gasteiger partial charge in [0.15, 0.2) is 5.58 Å². The van der Waals surface area contributed by atoms with Crippen molar-refractivity contribution in [2.75, 3.05) is 4.90 Å². The van der Waals surface area contributed by atoms with Crippen molar-refractivity contribution in [3.05, 3.63) is 119 Å². The van der Waals surface area contributed by atoms with Crippen molar-refractivity contribution in [3.63, 3.8) is 0 Å². The molecule has 1 aliphatic rings. The fourth-order valence-corrected chi connectivity index (χ4v) is 5.15. The van der Waals surface area contributed by atoms with Crippen LogP contribution in [0.4, 0.5) is 5.69 Å². The minimum absolute atomic E-state index is 0.0835. The number of rotatable bonds is 7. The van der Waals surface area contributed by atoms with Crippen LogP contribution < -0.4 is 4.90 Å². The van der Waals surface area contributed by atoms with Crippen LogP contribution in [0.15, 0.2) is 101 Å². The molecule has 1 atom stereocenters. The van der Waals surface area contributed by atoms with Crippen molar-refractivity contribution in [3.8, 4) is 11.5 Å². The van der Waals surface area contributed by atoms with Gasteiger partial charge >= 0.3 is 0 Å². The summed E-state index contributed by atoms with van der Waals surface area (Å²) in [5.41, 5.74) is 5.32. The van der Waals surface area contributed by atoms with Gasteiger partial charge in [-0.15, -0.1) is 0 Å². The average Bonchev–Trinajstić information content (AvgIpc) is 3.54. The third kappa shape index (κ3) is 5.49. The minimum atomic E-state index is -0.916. The molecule has 1 fully saturated rings. The van der Waals surface area contributed by atoms with Gasteiger partial charge in [-0.25, -0.2) is 9.88 Å². The molecule has 1 unspecified atom stereocenters. The summed E-state index contributed by atoms with van der Waals surface area (Å²) in [5, 5.41) is 0.576. The number of benzene rings is 4. The third-order valence-corrected chi connectivity index (χ3v) is 7.48. The highest BCUT2D eigenvalue weighted by atomic mass is 35.5. The number of amides is 3. The number of carbonyl (C=O) groups excluding carboxylic acids is 3. The lowest BCUT2D eigenvalue weighted by Crippen LogP contribution is -2.45. The van der Waals surface area contributed by atoms with E-state index in [0.29, 0.717) is 22.2 Å². The molecule has 2 heterocycles. The standard InChI is InChI=1S/C33H26ClN3O4/c1-21-6-8-23(9-7-21)20-36(30(38)18-22-10-14-25(34)15-11-22)28-19-31(39)37(33(28)40)26-16-12-24(13-17-26)32-35-27-4-2-3-5-29(27)41-32/h2-17,28H,18-20H2,1H3. The van der Waals surface area contributed by atoms with Crippen molar-refractivity contribution in [1.82, 2.24) is 9.88 Å². The molecule has 7 nitrogen and oxygen atoms in total. The Labute approximate surface area is 242 Å². The number of oxazole rings is 1. The molecular weight excluding hydrogens is 538 g/mol. The van der Waals surface area contributed by atoms with E-state index in [4.69, 9.17) is 16.0 Å². The monoisotopic (exact) mass is 563 g/mol. The predicted octanol–water partition coefficient (Wildman–Crippen LogP) is 6.36. The lowest BCUT2D eigenvalue weighted by atomic mass is 10.1. The van der Waals surface area contributed by atoms with Crippen LogP contribution in [-0.4, -0.2) is 33.6 Å². The highest BCUT2D eigenvalue weighted by Gasteiger charge is 2.44. The van der Waals surface area contributed by atoms with Crippen LogP contribution in [0.25, 0.3) is 22.6 Å². The zero-order chi connectivity index (χ0) is 28.5. The van der Waals surface area contributed by atoms with Gasteiger partial charge < -0.3 is 9.32 Å². The number of para-hydroxylation sites is 2. The van der Waals surface area contributed by atoms with Gasteiger partial charge in [0.1, 0.15) is 11.6 Å². The molecule has 204 valence electrons. The highest BCUT2D eigenvalue weighted by molar-refractivity contribution is 6.30. The van der Waals surface area contributed by atoms with E-state index in [1.54, 1.807) is 48.5 Å². The Balaban J connectivity index is 1.26. The normalized spacial score (nSPS) is 15.1. The Morgan fingerprint density at radius 2 is 1.61 bits per heavy atom. The van der Waals surface area contributed by atoms with Crippen molar-refractivity contribution in [2.45, 2.75) is 32.4 Å². The SMILES string of the molecule is Cc1ccc(CN(C(=O)Cc2ccc(Cl)cc2)C2CC(=O)N(c3ccc(-c4nc5ccccc5o4)cc3)C2=O)cc1. The van der Waals surface area contributed by atoms with Crippen molar-refractivity contribution >= 4 is 46.1 Å². The molecule has 1 aromatic heterocycles. The summed E-state index contributed by atoms with van der Waals surface area (Å²) < 4.78 is 5.85. The number of anilines is 1. The Morgan fingerprint density at radius 1 is 0.927 bits per heavy atom. The number of hydrogen-bond donors (Lipinski definition) is 0. The van der Waals surface area contributed by atoms with E-state index < -0.39 is 11.9 Å². The van der Waals surface area contributed by atoms with Crippen molar-refractivity contribution in [1.29, 1.82) is 0 Å². The number of aryl methyl sites for hydroxylation is 1. The summed E-state index contributed by atoms with van der Waals surface area (Å²) in [7, 11) is 0. The van der Waals surface area contributed by atoms with Gasteiger partial charge in [0.2, 0.25) is 17.7 Å². The molecule has 0 bridgehead atoms. The second-order valence-electron chi connectivity index (χ2n) is 10.1. The van der Waals surface area contributed by atoms with E-state index in [9.17, 15) is 14.4 Å². The molecule has 0 N–H and O–H groups in total. The minimum Gasteiger partial charge on any atom is -0.436 e. The number of aromatic nitrogens is 1. The molecule has 41 heavy (non-hydrogen) atoms. The summed E-state index contributed by atoms with van der Waals surface area (Å²) in [4.78, 5) is 47.8. The number of hydrogen-bond acceptors (Lipinski definition) is 5. The van der Waals surface area contributed by atoms with E-state index in [1.165, 1.54) is 4.90 Å². The van der Waals surface area contributed by atoms with E-state index in [-0.39, 0.29) is 31.2 Å². The van der Waals surface area contributed by atoms with Gasteiger partial charge in [-0.05, 0) is 66.6 Å². The van der Waals surface area contributed by atoms with Crippen LogP contribution in [0.5, 0.6) is 0 Å². The number of carbonyl (C=O) groups is 3. The molecule has 4 aromatic carbocycles. The second kappa shape index (κ2) is 11.0. The maximum absolute atomic E-state index is 13.7. The molecular formula is C33H26ClN3O4. The largest absolute Gasteiger partial charge is 0.436 e. The lowest BCUT2D eigenvalue weighted by Gasteiger charge is -2.28. The number of halogens is 1. The van der Waals surface area contributed by atoms with E-state index >= 15 is 0 Å². The molecule has 5 aromatic rings. The maximum Gasteiger partial charge on any atom is 0.257 e. The van der Waals surface area contributed by atoms with Crippen molar-refractivity contribution in [2.24, 2.45) is 0 Å². The summed E-state index contributed by atoms with van der Waals surface area (Å²) in [5.74, 6) is -0.581. The summed E-state index contributed by atoms with van der Waals surface area (Å²) in [6, 6.07) is 28.3. The first-order chi connectivity index (χ1) is 19.9. The summed E-state index contributed by atoms with van der Waals surface area (Å²) in [6.45, 7) is 2.20. The molecule has 1 aliphatic heterocycles. The number of nitrogens with zero attached hydrogens (tertiary/aromatic N) is 3. The number of fused-ring (bicyclic) bond motifs is 1. The molecule has 8 heteroatoms. The zero-order valence-corrected chi connectivity index (χ0v) is 23.0. The zero-order valence-electron chi connectivity index (χ0n) is 22.3. The van der Waals surface area contributed by atoms with Gasteiger partial charge in [0.25, 0.3) is 5.91 Å². The Kier molecular flexibility index (Phi) is 7.12. The van der Waals surface area contributed by atoms with Crippen LogP contribution >= 0.6 is 11.6 Å². The van der Waals surface area contributed by atoms with Gasteiger partial charge in [-0.1, -0.05) is 65.7 Å². The van der Waals surface area contributed by atoms with Gasteiger partial charge in [-0.3, -0.25) is 14.4 Å². The number of imide groups is 1. The second-order valence-corrected chi connectivity index (χ2v) is 10.6. The first kappa shape index (κ1) is 26.5. The lowest BCUT2D eigenvalue weighted by molar-refractivity contribution is -0.138. The van der Waals surface area contributed by atoms with Crippen LogP contribution in [-0.2, 0) is 27.3 Å². The smallest absolute Gasteiger partial charge is 0.257 e.